The maximum Gasteiger partial charge on any atom is 0.120 e. The van der Waals surface area contributed by atoms with E-state index in [1.54, 1.807) is 0 Å². The van der Waals surface area contributed by atoms with Gasteiger partial charge >= 0.3 is 0 Å². The third-order valence-electron chi connectivity index (χ3n) is 4.49. The van der Waals surface area contributed by atoms with Gasteiger partial charge < -0.3 is 9.64 Å². The molecule has 2 bridgehead atoms. The molecule has 2 nitrogen and oxygen atoms in total. The summed E-state index contributed by atoms with van der Waals surface area (Å²) in [7, 11) is 2.25. The van der Waals surface area contributed by atoms with Crippen molar-refractivity contribution in [1.29, 1.82) is 0 Å². The summed E-state index contributed by atoms with van der Waals surface area (Å²) >= 11 is 6.04. The number of hydrogen-bond donors (Lipinski definition) is 0. The molecule has 0 amide bonds. The van der Waals surface area contributed by atoms with Crippen molar-refractivity contribution < 1.29 is 4.74 Å². The highest BCUT2D eigenvalue weighted by molar-refractivity contribution is 6.31. The predicted molar refractivity (Wildman–Crippen MR) is 74.4 cm³/mol. The van der Waals surface area contributed by atoms with Crippen LogP contribution < -0.4 is 4.74 Å². The Labute approximate surface area is 114 Å². The topological polar surface area (TPSA) is 12.5 Å². The minimum absolute atomic E-state index is 0.374. The molecule has 98 valence electrons. The third-order valence-corrected chi connectivity index (χ3v) is 4.91. The lowest BCUT2D eigenvalue weighted by Crippen LogP contribution is -2.43. The molecular formula is C15H20ClNO. The van der Waals surface area contributed by atoms with Crippen LogP contribution >= 0.6 is 11.6 Å². The number of fused-ring (bicyclic) bond motifs is 2. The molecule has 1 aromatic rings. The van der Waals surface area contributed by atoms with Crippen LogP contribution in [-0.2, 0) is 0 Å². The zero-order valence-corrected chi connectivity index (χ0v) is 11.8. The standard InChI is InChI=1S/C15H20ClNO/c1-10-7-13(5-6-15(10)16)18-14-8-11-3-4-12(9-14)17(11)2/h5-7,11-12,14H,3-4,8-9H2,1-2H3/t11-,12+,14?. The summed E-state index contributed by atoms with van der Waals surface area (Å²) in [4.78, 5) is 2.53. The molecule has 2 heterocycles. The second-order valence-electron chi connectivity index (χ2n) is 5.67. The molecular weight excluding hydrogens is 246 g/mol. The van der Waals surface area contributed by atoms with E-state index in [2.05, 4.69) is 11.9 Å². The Kier molecular flexibility index (Phi) is 3.25. The number of aryl methyl sites for hydroxylation is 1. The fourth-order valence-corrected chi connectivity index (χ4v) is 3.46. The van der Waals surface area contributed by atoms with E-state index in [0.717, 1.165) is 41.3 Å². The summed E-state index contributed by atoms with van der Waals surface area (Å²) in [6, 6.07) is 7.40. The third kappa shape index (κ3) is 2.24. The van der Waals surface area contributed by atoms with Crippen molar-refractivity contribution in [3.8, 4) is 5.75 Å². The van der Waals surface area contributed by atoms with Gasteiger partial charge in [-0.15, -0.1) is 0 Å². The number of piperidine rings is 1. The zero-order valence-electron chi connectivity index (χ0n) is 11.0. The lowest BCUT2D eigenvalue weighted by atomic mass is 10.0. The van der Waals surface area contributed by atoms with Gasteiger partial charge in [-0.1, -0.05) is 11.6 Å². The van der Waals surface area contributed by atoms with Gasteiger partial charge in [-0.3, -0.25) is 0 Å². The SMILES string of the molecule is Cc1cc(OC2C[C@H]3CC[C@@H](C2)N3C)ccc1Cl. The molecule has 0 radical (unpaired) electrons. The van der Waals surface area contributed by atoms with E-state index in [4.69, 9.17) is 16.3 Å². The first-order valence-corrected chi connectivity index (χ1v) is 7.16. The van der Waals surface area contributed by atoms with E-state index in [1.165, 1.54) is 12.8 Å². The van der Waals surface area contributed by atoms with Crippen LogP contribution in [0.1, 0.15) is 31.2 Å². The van der Waals surface area contributed by atoms with E-state index < -0.39 is 0 Å². The van der Waals surface area contributed by atoms with E-state index >= 15 is 0 Å². The minimum Gasteiger partial charge on any atom is -0.490 e. The highest BCUT2D eigenvalue weighted by Gasteiger charge is 2.39. The Morgan fingerprint density at radius 3 is 2.50 bits per heavy atom. The van der Waals surface area contributed by atoms with Gasteiger partial charge in [-0.05, 0) is 63.4 Å². The van der Waals surface area contributed by atoms with Gasteiger partial charge in [0, 0.05) is 17.1 Å². The average molecular weight is 266 g/mol. The van der Waals surface area contributed by atoms with Crippen molar-refractivity contribution in [3.05, 3.63) is 28.8 Å². The van der Waals surface area contributed by atoms with Gasteiger partial charge in [0.1, 0.15) is 11.9 Å². The largest absolute Gasteiger partial charge is 0.490 e. The molecule has 1 unspecified atom stereocenters. The molecule has 0 saturated carbocycles. The number of ether oxygens (including phenoxy) is 1. The van der Waals surface area contributed by atoms with Gasteiger partial charge in [-0.25, -0.2) is 0 Å². The normalized spacial score (nSPS) is 31.6. The summed E-state index contributed by atoms with van der Waals surface area (Å²) in [5, 5.41) is 0.811. The molecule has 1 aromatic carbocycles. The highest BCUT2D eigenvalue weighted by atomic mass is 35.5. The lowest BCUT2D eigenvalue weighted by Gasteiger charge is -2.36. The van der Waals surface area contributed by atoms with E-state index in [0.29, 0.717) is 6.10 Å². The fraction of sp³-hybridized carbons (Fsp3) is 0.600. The molecule has 0 N–H and O–H groups in total. The zero-order chi connectivity index (χ0) is 12.7. The Morgan fingerprint density at radius 1 is 1.22 bits per heavy atom. The molecule has 2 fully saturated rings. The van der Waals surface area contributed by atoms with E-state index in [9.17, 15) is 0 Å². The van der Waals surface area contributed by atoms with Gasteiger partial charge in [0.25, 0.3) is 0 Å². The predicted octanol–water partition coefficient (Wildman–Crippen LogP) is 3.65. The quantitative estimate of drug-likeness (QED) is 0.809. The molecule has 0 aliphatic carbocycles. The first-order valence-electron chi connectivity index (χ1n) is 6.78. The van der Waals surface area contributed by atoms with Crippen molar-refractivity contribution >= 4 is 11.6 Å². The van der Waals surface area contributed by atoms with E-state index in [1.807, 2.05) is 25.1 Å². The van der Waals surface area contributed by atoms with Gasteiger partial charge in [0.15, 0.2) is 0 Å². The Morgan fingerprint density at radius 2 is 1.89 bits per heavy atom. The molecule has 2 aliphatic rings. The Hall–Kier alpha value is -0.730. The first kappa shape index (κ1) is 12.3. The highest BCUT2D eigenvalue weighted by Crippen LogP contribution is 2.36. The van der Waals surface area contributed by atoms with Crippen LogP contribution in [0.15, 0.2) is 18.2 Å². The van der Waals surface area contributed by atoms with Crippen LogP contribution in [0.2, 0.25) is 5.02 Å². The maximum atomic E-state index is 6.13. The van der Waals surface area contributed by atoms with Crippen LogP contribution in [0.3, 0.4) is 0 Å². The van der Waals surface area contributed by atoms with Crippen molar-refractivity contribution in [2.24, 2.45) is 0 Å². The van der Waals surface area contributed by atoms with Crippen molar-refractivity contribution in [1.82, 2.24) is 4.90 Å². The van der Waals surface area contributed by atoms with Crippen molar-refractivity contribution in [2.75, 3.05) is 7.05 Å². The molecule has 18 heavy (non-hydrogen) atoms. The number of nitrogens with zero attached hydrogens (tertiary/aromatic N) is 1. The van der Waals surface area contributed by atoms with Gasteiger partial charge in [0.2, 0.25) is 0 Å². The summed E-state index contributed by atoms with van der Waals surface area (Å²) in [6.45, 7) is 2.02. The average Bonchev–Trinajstić information content (AvgIpc) is 2.58. The van der Waals surface area contributed by atoms with Crippen LogP contribution in [0.5, 0.6) is 5.75 Å². The molecule has 0 aromatic heterocycles. The molecule has 3 rings (SSSR count). The number of hydrogen-bond acceptors (Lipinski definition) is 2. The Balaban J connectivity index is 1.68. The van der Waals surface area contributed by atoms with Crippen LogP contribution in [0.4, 0.5) is 0 Å². The second-order valence-corrected chi connectivity index (χ2v) is 6.08. The van der Waals surface area contributed by atoms with Crippen LogP contribution in [-0.4, -0.2) is 30.1 Å². The van der Waals surface area contributed by atoms with Gasteiger partial charge in [-0.2, -0.15) is 0 Å². The lowest BCUT2D eigenvalue weighted by molar-refractivity contribution is 0.0661. The monoisotopic (exact) mass is 265 g/mol. The fourth-order valence-electron chi connectivity index (χ4n) is 3.34. The van der Waals surface area contributed by atoms with E-state index in [-0.39, 0.29) is 0 Å². The molecule has 0 spiro atoms. The first-order chi connectivity index (χ1) is 8.63. The van der Waals surface area contributed by atoms with Crippen molar-refractivity contribution in [2.45, 2.75) is 50.8 Å². The smallest absolute Gasteiger partial charge is 0.120 e. The molecule has 2 aliphatic heterocycles. The second kappa shape index (κ2) is 4.75. The summed E-state index contributed by atoms with van der Waals surface area (Å²) in [6.07, 6.45) is 5.37. The van der Waals surface area contributed by atoms with Gasteiger partial charge in [0.05, 0.1) is 0 Å². The molecule has 3 heteroatoms. The summed E-state index contributed by atoms with van der Waals surface area (Å²) in [5.41, 5.74) is 1.09. The molecule has 2 saturated heterocycles. The number of benzene rings is 1. The van der Waals surface area contributed by atoms with Crippen LogP contribution in [0, 0.1) is 6.92 Å². The Bertz CT molecular complexity index is 434. The van der Waals surface area contributed by atoms with Crippen LogP contribution in [0.25, 0.3) is 0 Å². The summed E-state index contributed by atoms with van der Waals surface area (Å²) < 4.78 is 6.13. The minimum atomic E-state index is 0.374. The maximum absolute atomic E-state index is 6.13. The summed E-state index contributed by atoms with van der Waals surface area (Å²) in [5.74, 6) is 0.964. The number of rotatable bonds is 2. The van der Waals surface area contributed by atoms with Crippen molar-refractivity contribution in [3.63, 3.8) is 0 Å². The number of halogens is 1. The molecule has 3 atom stereocenters.